The van der Waals surface area contributed by atoms with Gasteiger partial charge in [-0.3, -0.25) is 9.88 Å². The van der Waals surface area contributed by atoms with Crippen LogP contribution in [0.1, 0.15) is 54.4 Å². The molecule has 0 saturated carbocycles. The zero-order valence-corrected chi connectivity index (χ0v) is 29.0. The van der Waals surface area contributed by atoms with Gasteiger partial charge in [0, 0.05) is 59.9 Å². The molecule has 4 aromatic rings. The van der Waals surface area contributed by atoms with E-state index in [2.05, 4.69) is 41.7 Å². The molecule has 4 heterocycles. The third-order valence-corrected chi connectivity index (χ3v) is 9.22. The quantitative estimate of drug-likeness (QED) is 0.209. The number of likely N-dealkylation sites (tertiary alicyclic amines) is 1. The van der Waals surface area contributed by atoms with Gasteiger partial charge in [0.2, 0.25) is 0 Å². The molecular formula is C36H41ClFN7O3. The molecule has 10 nitrogen and oxygen atoms in total. The Balaban J connectivity index is 1.41. The Bertz CT molecular complexity index is 1900. The summed E-state index contributed by atoms with van der Waals surface area (Å²) in [6, 6.07) is 13.1. The summed E-state index contributed by atoms with van der Waals surface area (Å²) in [6.07, 6.45) is 2.17. The predicted octanol–water partition coefficient (Wildman–Crippen LogP) is 7.23. The van der Waals surface area contributed by atoms with Gasteiger partial charge in [0.15, 0.2) is 5.82 Å². The van der Waals surface area contributed by atoms with Gasteiger partial charge >= 0.3 is 12.1 Å². The first-order valence-corrected chi connectivity index (χ1v) is 16.7. The third kappa shape index (κ3) is 6.69. The molecule has 0 spiro atoms. The van der Waals surface area contributed by atoms with Crippen LogP contribution in [0, 0.1) is 17.1 Å². The highest BCUT2D eigenvalue weighted by molar-refractivity contribution is 6.36. The number of aromatic nitrogens is 3. The number of ether oxygens (including phenoxy) is 2. The fourth-order valence-electron chi connectivity index (χ4n) is 6.56. The summed E-state index contributed by atoms with van der Waals surface area (Å²) in [4.78, 5) is 33.0. The van der Waals surface area contributed by atoms with Gasteiger partial charge in [-0.2, -0.15) is 15.2 Å². The van der Waals surface area contributed by atoms with Crippen LogP contribution in [0.15, 0.2) is 42.6 Å². The molecule has 0 bridgehead atoms. The number of halogens is 2. The summed E-state index contributed by atoms with van der Waals surface area (Å²) >= 11 is 6.61. The molecule has 2 aromatic heterocycles. The second-order valence-electron chi connectivity index (χ2n) is 14.4. The van der Waals surface area contributed by atoms with E-state index in [1.807, 2.05) is 29.2 Å². The number of pyridine rings is 1. The normalized spacial score (nSPS) is 18.9. The van der Waals surface area contributed by atoms with Crippen molar-refractivity contribution >= 4 is 45.2 Å². The monoisotopic (exact) mass is 673 g/mol. The number of carbonyl (C=O) groups excluding carboxylic acids is 1. The van der Waals surface area contributed by atoms with Crippen LogP contribution in [0.3, 0.4) is 0 Å². The van der Waals surface area contributed by atoms with Crippen LogP contribution in [0.4, 0.5) is 15.0 Å². The topological polar surface area (TPSA) is 108 Å². The van der Waals surface area contributed by atoms with Gasteiger partial charge in [0.1, 0.15) is 29.2 Å². The van der Waals surface area contributed by atoms with E-state index >= 15 is 4.39 Å². The minimum absolute atomic E-state index is 0.0162. The number of nitriles is 1. The lowest BCUT2D eigenvalue weighted by Gasteiger charge is -2.49. The largest absolute Gasteiger partial charge is 0.462 e. The Morgan fingerprint density at radius 2 is 1.81 bits per heavy atom. The van der Waals surface area contributed by atoms with Crippen LogP contribution in [-0.2, 0) is 4.74 Å². The first-order valence-electron chi connectivity index (χ1n) is 16.3. The maximum atomic E-state index is 16.8. The predicted molar refractivity (Wildman–Crippen MR) is 185 cm³/mol. The molecule has 2 saturated heterocycles. The van der Waals surface area contributed by atoms with E-state index in [1.54, 1.807) is 44.0 Å². The molecule has 0 radical (unpaired) electrons. The van der Waals surface area contributed by atoms with Crippen molar-refractivity contribution in [2.24, 2.45) is 0 Å². The minimum Gasteiger partial charge on any atom is -0.462 e. The van der Waals surface area contributed by atoms with Crippen LogP contribution < -0.4 is 9.64 Å². The first kappa shape index (κ1) is 33.6. The number of rotatable bonds is 6. The minimum atomic E-state index is -0.682. The molecule has 12 heteroatoms. The average Bonchev–Trinajstić information content (AvgIpc) is 2.99. The van der Waals surface area contributed by atoms with Gasteiger partial charge in [0.05, 0.1) is 23.9 Å². The van der Waals surface area contributed by atoms with E-state index in [-0.39, 0.29) is 48.3 Å². The van der Waals surface area contributed by atoms with Crippen molar-refractivity contribution in [3.8, 4) is 23.3 Å². The summed E-state index contributed by atoms with van der Waals surface area (Å²) in [6.45, 7) is 14.2. The molecule has 48 heavy (non-hydrogen) atoms. The number of amides is 1. The van der Waals surface area contributed by atoms with Crippen LogP contribution >= 0.6 is 11.6 Å². The lowest BCUT2D eigenvalue weighted by atomic mass is 9.94. The summed E-state index contributed by atoms with van der Waals surface area (Å²) < 4.78 is 28.6. The highest BCUT2D eigenvalue weighted by Gasteiger charge is 2.37. The molecule has 2 aliphatic heterocycles. The first-order chi connectivity index (χ1) is 22.7. The molecular weight excluding hydrogens is 633 g/mol. The summed E-state index contributed by atoms with van der Waals surface area (Å²) in [5.41, 5.74) is 0.0372. The van der Waals surface area contributed by atoms with Gasteiger partial charge in [-0.15, -0.1) is 0 Å². The molecule has 6 rings (SSSR count). The number of hydrogen-bond acceptors (Lipinski definition) is 9. The van der Waals surface area contributed by atoms with Crippen molar-refractivity contribution < 1.29 is 18.7 Å². The van der Waals surface area contributed by atoms with E-state index in [9.17, 15) is 10.1 Å². The molecule has 2 fully saturated rings. The maximum Gasteiger partial charge on any atom is 0.410 e. The van der Waals surface area contributed by atoms with Crippen molar-refractivity contribution in [1.29, 1.82) is 5.26 Å². The number of hydrogen-bond donors (Lipinski definition) is 0. The fraction of sp³-hybridized carbons (Fsp3) is 0.472. The van der Waals surface area contributed by atoms with Crippen molar-refractivity contribution in [1.82, 2.24) is 24.8 Å². The van der Waals surface area contributed by atoms with E-state index in [0.717, 1.165) is 18.4 Å². The van der Waals surface area contributed by atoms with Crippen molar-refractivity contribution in [2.75, 3.05) is 37.7 Å². The second kappa shape index (κ2) is 13.0. The Kier molecular flexibility index (Phi) is 9.09. The van der Waals surface area contributed by atoms with E-state index < -0.39 is 23.6 Å². The van der Waals surface area contributed by atoms with Crippen LogP contribution in [-0.4, -0.2) is 86.9 Å². The Labute approximate surface area is 285 Å². The van der Waals surface area contributed by atoms with E-state index in [4.69, 9.17) is 26.1 Å². The standard InChI is InChI=1S/C36H41ClFN7O3/c1-35(2,3)45-16-14-24(45)21-47-33-41-31-26(19-40-30(29(31)38)25-11-7-9-22-10-8-12-27(37)28(22)25)32(42-33)43-17-18-44(23(20-43)13-15-39)34(46)48-36(4,5)6/h7-12,19,23-24H,13-14,16-18,20-21H2,1-6H3/t23-,24?/m0/s1. The van der Waals surface area contributed by atoms with Crippen molar-refractivity contribution in [2.45, 2.75) is 77.6 Å². The van der Waals surface area contributed by atoms with Gasteiger partial charge in [-0.1, -0.05) is 41.9 Å². The highest BCUT2D eigenvalue weighted by atomic mass is 35.5. The van der Waals surface area contributed by atoms with Crippen LogP contribution in [0.25, 0.3) is 32.9 Å². The summed E-state index contributed by atoms with van der Waals surface area (Å²) in [5, 5.41) is 12.1. The zero-order valence-electron chi connectivity index (χ0n) is 28.3. The number of benzene rings is 2. The highest BCUT2D eigenvalue weighted by Crippen LogP contribution is 2.38. The number of carbonyl (C=O) groups is 1. The van der Waals surface area contributed by atoms with Gasteiger partial charge in [0.25, 0.3) is 0 Å². The second-order valence-corrected chi connectivity index (χ2v) is 14.8. The average molecular weight is 674 g/mol. The number of fused-ring (bicyclic) bond motifs is 2. The van der Waals surface area contributed by atoms with E-state index in [0.29, 0.717) is 40.3 Å². The molecule has 0 aliphatic carbocycles. The SMILES string of the molecule is CC(C)(C)OC(=O)N1CCN(c2nc(OCC3CCN3C(C)(C)C)nc3c(F)c(-c4cccc5cccc(Cl)c45)ncc23)C[C@@H]1CC#N. The maximum absolute atomic E-state index is 16.8. The van der Waals surface area contributed by atoms with Gasteiger partial charge in [-0.05, 0) is 59.4 Å². The smallest absolute Gasteiger partial charge is 0.410 e. The molecule has 2 atom stereocenters. The van der Waals surface area contributed by atoms with E-state index in [1.165, 1.54) is 0 Å². The zero-order chi connectivity index (χ0) is 34.4. The Hall–Kier alpha value is -4.27. The van der Waals surface area contributed by atoms with Gasteiger partial charge in [-0.25, -0.2) is 9.18 Å². The van der Waals surface area contributed by atoms with Crippen LogP contribution in [0.5, 0.6) is 6.01 Å². The fourth-order valence-corrected chi connectivity index (χ4v) is 6.85. The number of piperazine rings is 1. The van der Waals surface area contributed by atoms with Gasteiger partial charge < -0.3 is 19.3 Å². The lowest BCUT2D eigenvalue weighted by molar-refractivity contribution is -0.0223. The third-order valence-electron chi connectivity index (χ3n) is 8.90. The molecule has 2 aliphatic rings. The molecule has 1 unspecified atom stereocenters. The Morgan fingerprint density at radius 3 is 2.48 bits per heavy atom. The van der Waals surface area contributed by atoms with Crippen molar-refractivity contribution in [3.05, 3.63) is 53.4 Å². The van der Waals surface area contributed by atoms with Crippen LogP contribution in [0.2, 0.25) is 5.02 Å². The molecule has 2 aromatic carbocycles. The lowest BCUT2D eigenvalue weighted by Crippen LogP contribution is -2.59. The summed E-state index contributed by atoms with van der Waals surface area (Å²) in [7, 11) is 0. The summed E-state index contributed by atoms with van der Waals surface area (Å²) in [5.74, 6) is -0.189. The number of anilines is 1. The number of nitrogens with zero attached hydrogens (tertiary/aromatic N) is 7. The molecule has 252 valence electrons. The Morgan fingerprint density at radius 1 is 1.06 bits per heavy atom. The molecule has 0 N–H and O–H groups in total. The molecule has 1 amide bonds. The van der Waals surface area contributed by atoms with Crippen molar-refractivity contribution in [3.63, 3.8) is 0 Å².